The maximum atomic E-state index is 12.6. The van der Waals surface area contributed by atoms with Crippen LogP contribution in [0.1, 0.15) is 32.1 Å². The molecule has 1 aliphatic rings. The molecule has 0 radical (unpaired) electrons. The minimum atomic E-state index is -1.08. The zero-order valence-corrected chi connectivity index (χ0v) is 12.7. The highest BCUT2D eigenvalue weighted by molar-refractivity contribution is 6.33. The third-order valence-corrected chi connectivity index (χ3v) is 4.17. The number of fused-ring (bicyclic) bond motifs is 1. The molecule has 1 aromatic heterocycles. The zero-order valence-electron chi connectivity index (χ0n) is 11.9. The highest BCUT2D eigenvalue weighted by Gasteiger charge is 2.30. The van der Waals surface area contributed by atoms with E-state index in [1.165, 1.54) is 0 Å². The molecule has 3 rings (SSSR count). The van der Waals surface area contributed by atoms with Crippen LogP contribution in [0.3, 0.4) is 0 Å². The number of amides is 1. The molecule has 0 bridgehead atoms. The van der Waals surface area contributed by atoms with Gasteiger partial charge < -0.3 is 10.0 Å². The number of carbonyl (C=O) groups is 2. The Hall–Kier alpha value is -2.34. The van der Waals surface area contributed by atoms with Gasteiger partial charge in [-0.25, -0.2) is 4.79 Å². The van der Waals surface area contributed by atoms with Crippen molar-refractivity contribution in [2.45, 2.75) is 13.0 Å². The monoisotopic (exact) mass is 319 g/mol. The Balaban J connectivity index is 1.93. The van der Waals surface area contributed by atoms with Crippen LogP contribution in [-0.4, -0.2) is 38.2 Å². The molecule has 0 unspecified atom stereocenters. The second kappa shape index (κ2) is 5.46. The van der Waals surface area contributed by atoms with Crippen molar-refractivity contribution in [3.63, 3.8) is 0 Å². The molecule has 1 amide bonds. The van der Waals surface area contributed by atoms with Crippen LogP contribution >= 0.6 is 11.6 Å². The van der Waals surface area contributed by atoms with Crippen LogP contribution in [0.15, 0.2) is 24.3 Å². The van der Waals surface area contributed by atoms with Crippen molar-refractivity contribution in [3.8, 4) is 0 Å². The number of carboxylic acids is 1. The first-order valence-electron chi connectivity index (χ1n) is 6.81. The second-order valence-corrected chi connectivity index (χ2v) is 5.57. The quantitative estimate of drug-likeness (QED) is 0.918. The van der Waals surface area contributed by atoms with Gasteiger partial charge in [0, 0.05) is 31.3 Å². The molecular formula is C15H14ClN3O3. The van der Waals surface area contributed by atoms with Crippen molar-refractivity contribution in [1.29, 1.82) is 0 Å². The summed E-state index contributed by atoms with van der Waals surface area (Å²) in [4.78, 5) is 25.5. The third kappa shape index (κ3) is 2.35. The Bertz CT molecular complexity index is 769. The van der Waals surface area contributed by atoms with Gasteiger partial charge in [0.2, 0.25) is 0 Å². The van der Waals surface area contributed by atoms with Crippen LogP contribution < -0.4 is 0 Å². The lowest BCUT2D eigenvalue weighted by atomic mass is 10.0. The molecule has 114 valence electrons. The third-order valence-electron chi connectivity index (χ3n) is 3.84. The van der Waals surface area contributed by atoms with Crippen LogP contribution in [-0.2, 0) is 20.0 Å². The van der Waals surface area contributed by atoms with E-state index in [2.05, 4.69) is 5.10 Å². The van der Waals surface area contributed by atoms with Crippen LogP contribution in [0.4, 0.5) is 0 Å². The zero-order chi connectivity index (χ0) is 15.9. The van der Waals surface area contributed by atoms with Crippen LogP contribution in [0, 0.1) is 0 Å². The van der Waals surface area contributed by atoms with Crippen molar-refractivity contribution < 1.29 is 14.7 Å². The van der Waals surface area contributed by atoms with Crippen molar-refractivity contribution in [3.05, 3.63) is 51.8 Å². The summed E-state index contributed by atoms with van der Waals surface area (Å²) in [6.07, 6.45) is 0.572. The maximum Gasteiger partial charge on any atom is 0.356 e. The molecule has 0 saturated heterocycles. The molecule has 0 saturated carbocycles. The number of halogens is 1. The highest BCUT2D eigenvalue weighted by atomic mass is 35.5. The van der Waals surface area contributed by atoms with E-state index in [1.807, 2.05) is 0 Å². The highest BCUT2D eigenvalue weighted by Crippen LogP contribution is 2.25. The predicted octanol–water partition coefficient (Wildman–Crippen LogP) is 1.97. The Morgan fingerprint density at radius 2 is 2.05 bits per heavy atom. The molecular weight excluding hydrogens is 306 g/mol. The molecule has 0 spiro atoms. The van der Waals surface area contributed by atoms with Gasteiger partial charge in [0.05, 0.1) is 17.1 Å². The molecule has 1 aromatic carbocycles. The standard InChI is InChI=1S/C15H14ClN3O3/c1-18-12-6-7-19(8-10(12)13(17-18)15(21)22)14(20)9-4-2-3-5-11(9)16/h2-5H,6-8H2,1H3,(H,21,22). The van der Waals surface area contributed by atoms with Gasteiger partial charge in [0.15, 0.2) is 5.69 Å². The van der Waals surface area contributed by atoms with E-state index in [4.69, 9.17) is 11.6 Å². The van der Waals surface area contributed by atoms with E-state index in [-0.39, 0.29) is 18.1 Å². The van der Waals surface area contributed by atoms with E-state index in [1.54, 1.807) is 40.9 Å². The molecule has 0 fully saturated rings. The van der Waals surface area contributed by atoms with Crippen molar-refractivity contribution in [2.75, 3.05) is 6.54 Å². The summed E-state index contributed by atoms with van der Waals surface area (Å²) in [6.45, 7) is 0.741. The second-order valence-electron chi connectivity index (χ2n) is 5.16. The number of hydrogen-bond acceptors (Lipinski definition) is 3. The number of carboxylic acid groups (broad SMARTS) is 1. The molecule has 6 nitrogen and oxygen atoms in total. The minimum absolute atomic E-state index is 0.00848. The first-order valence-corrected chi connectivity index (χ1v) is 7.18. The van der Waals surface area contributed by atoms with Crippen molar-refractivity contribution in [1.82, 2.24) is 14.7 Å². The lowest BCUT2D eigenvalue weighted by molar-refractivity contribution is 0.0674. The fourth-order valence-corrected chi connectivity index (χ4v) is 2.96. The number of aryl methyl sites for hydroxylation is 1. The average molecular weight is 320 g/mol. The van der Waals surface area contributed by atoms with E-state index < -0.39 is 5.97 Å². The largest absolute Gasteiger partial charge is 0.476 e. The van der Waals surface area contributed by atoms with Gasteiger partial charge in [-0.2, -0.15) is 5.10 Å². The molecule has 1 N–H and O–H groups in total. The molecule has 22 heavy (non-hydrogen) atoms. The van der Waals surface area contributed by atoms with Gasteiger partial charge in [-0.15, -0.1) is 0 Å². The van der Waals surface area contributed by atoms with Gasteiger partial charge in [0.25, 0.3) is 5.91 Å². The summed E-state index contributed by atoms with van der Waals surface area (Å²) >= 11 is 6.07. The van der Waals surface area contributed by atoms with Crippen molar-refractivity contribution in [2.24, 2.45) is 7.05 Å². The fourth-order valence-electron chi connectivity index (χ4n) is 2.74. The maximum absolute atomic E-state index is 12.6. The molecule has 7 heteroatoms. The lowest BCUT2D eigenvalue weighted by Gasteiger charge is -2.27. The summed E-state index contributed by atoms with van der Waals surface area (Å²) in [5.41, 5.74) is 1.89. The van der Waals surface area contributed by atoms with E-state index >= 15 is 0 Å². The summed E-state index contributed by atoms with van der Waals surface area (Å²) in [5, 5.41) is 13.7. The first-order chi connectivity index (χ1) is 10.5. The summed E-state index contributed by atoms with van der Waals surface area (Å²) < 4.78 is 1.58. The topological polar surface area (TPSA) is 75.4 Å². The summed E-state index contributed by atoms with van der Waals surface area (Å²) in [6, 6.07) is 6.84. The van der Waals surface area contributed by atoms with Crippen molar-refractivity contribution >= 4 is 23.5 Å². The summed E-state index contributed by atoms with van der Waals surface area (Å²) in [5.74, 6) is -1.28. The number of hydrogen-bond donors (Lipinski definition) is 1. The normalized spacial score (nSPS) is 13.8. The Labute approximate surface area is 131 Å². The smallest absolute Gasteiger partial charge is 0.356 e. The van der Waals surface area contributed by atoms with Crippen LogP contribution in [0.2, 0.25) is 5.02 Å². The molecule has 0 atom stereocenters. The SMILES string of the molecule is Cn1nc(C(=O)O)c2c1CCN(C(=O)c1ccccc1Cl)C2. The number of aromatic carboxylic acids is 1. The number of rotatable bonds is 2. The van der Waals surface area contributed by atoms with Gasteiger partial charge in [-0.05, 0) is 12.1 Å². The predicted molar refractivity (Wildman–Crippen MR) is 80.1 cm³/mol. The van der Waals surface area contributed by atoms with E-state index in [0.29, 0.717) is 29.1 Å². The average Bonchev–Trinajstić information content (AvgIpc) is 2.84. The van der Waals surface area contributed by atoms with Gasteiger partial charge in [0.1, 0.15) is 0 Å². The molecule has 1 aliphatic heterocycles. The summed E-state index contributed by atoms with van der Waals surface area (Å²) in [7, 11) is 1.72. The van der Waals surface area contributed by atoms with Gasteiger partial charge in [-0.1, -0.05) is 23.7 Å². The van der Waals surface area contributed by atoms with Crippen LogP contribution in [0.25, 0.3) is 0 Å². The van der Waals surface area contributed by atoms with E-state index in [0.717, 1.165) is 5.69 Å². The van der Waals surface area contributed by atoms with Crippen LogP contribution in [0.5, 0.6) is 0 Å². The minimum Gasteiger partial charge on any atom is -0.476 e. The first kappa shape index (κ1) is 14.6. The molecule has 2 heterocycles. The Kier molecular flexibility index (Phi) is 3.62. The number of carbonyl (C=O) groups excluding carboxylic acids is 1. The Morgan fingerprint density at radius 3 is 2.73 bits per heavy atom. The number of aromatic nitrogens is 2. The molecule has 0 aliphatic carbocycles. The van der Waals surface area contributed by atoms with Gasteiger partial charge in [-0.3, -0.25) is 9.48 Å². The lowest BCUT2D eigenvalue weighted by Crippen LogP contribution is -2.36. The van der Waals surface area contributed by atoms with E-state index in [9.17, 15) is 14.7 Å². The molecule has 2 aromatic rings. The number of benzene rings is 1. The number of nitrogens with zero attached hydrogens (tertiary/aromatic N) is 3. The van der Waals surface area contributed by atoms with Gasteiger partial charge >= 0.3 is 5.97 Å². The Morgan fingerprint density at radius 1 is 1.32 bits per heavy atom. The fraction of sp³-hybridized carbons (Fsp3) is 0.267.